The number of hydrogen-bond donors (Lipinski definition) is 1. The van der Waals surface area contributed by atoms with E-state index in [9.17, 15) is 9.90 Å². The standard InChI is InChI=1S/C16H26N4O2/c1-18-15(7-8-17-18)16(22)20-10-9-19(11-14(21)12-20)13-5-3-2-4-6-13/h7-8,13-14,21H,2-6,9-12H2,1H3/t14-/m0/s1. The molecule has 1 aliphatic carbocycles. The molecule has 6 nitrogen and oxygen atoms in total. The molecular formula is C16H26N4O2. The quantitative estimate of drug-likeness (QED) is 0.881. The number of carbonyl (C=O) groups is 1. The molecule has 1 saturated carbocycles. The molecule has 0 bridgehead atoms. The molecule has 2 heterocycles. The van der Waals surface area contributed by atoms with Crippen LogP contribution in [0.1, 0.15) is 42.6 Å². The average Bonchev–Trinajstić information content (AvgIpc) is 2.85. The molecule has 0 aromatic carbocycles. The zero-order valence-corrected chi connectivity index (χ0v) is 13.3. The van der Waals surface area contributed by atoms with Crippen LogP contribution in [0.3, 0.4) is 0 Å². The predicted molar refractivity (Wildman–Crippen MR) is 83.6 cm³/mol. The van der Waals surface area contributed by atoms with E-state index in [1.165, 1.54) is 32.1 Å². The number of β-amino-alcohol motifs (C(OH)–C–C–N with tert-alkyl or cyclic N) is 1. The van der Waals surface area contributed by atoms with Gasteiger partial charge >= 0.3 is 0 Å². The molecule has 1 aromatic heterocycles. The Labute approximate surface area is 131 Å². The van der Waals surface area contributed by atoms with Crippen LogP contribution in [0.4, 0.5) is 0 Å². The van der Waals surface area contributed by atoms with Crippen molar-refractivity contribution >= 4 is 5.91 Å². The van der Waals surface area contributed by atoms with Gasteiger partial charge in [0.25, 0.3) is 5.91 Å². The Balaban J connectivity index is 1.66. The molecular weight excluding hydrogens is 280 g/mol. The van der Waals surface area contributed by atoms with Crippen molar-refractivity contribution in [3.8, 4) is 0 Å². The van der Waals surface area contributed by atoms with E-state index in [2.05, 4.69) is 10.00 Å². The van der Waals surface area contributed by atoms with Gasteiger partial charge in [-0.15, -0.1) is 0 Å². The fourth-order valence-electron chi connectivity index (χ4n) is 3.72. The Morgan fingerprint density at radius 3 is 2.68 bits per heavy atom. The summed E-state index contributed by atoms with van der Waals surface area (Å²) in [4.78, 5) is 16.8. The summed E-state index contributed by atoms with van der Waals surface area (Å²) < 4.78 is 1.60. The van der Waals surface area contributed by atoms with Gasteiger partial charge in [0.15, 0.2) is 0 Å². The van der Waals surface area contributed by atoms with Gasteiger partial charge in [-0.25, -0.2) is 0 Å². The smallest absolute Gasteiger partial charge is 0.272 e. The highest BCUT2D eigenvalue weighted by atomic mass is 16.3. The van der Waals surface area contributed by atoms with Crippen LogP contribution in [-0.2, 0) is 7.05 Å². The third-order valence-electron chi connectivity index (χ3n) is 4.95. The van der Waals surface area contributed by atoms with Crippen LogP contribution in [0.15, 0.2) is 12.3 Å². The number of hydrogen-bond acceptors (Lipinski definition) is 4. The molecule has 2 aliphatic rings. The van der Waals surface area contributed by atoms with Crippen molar-refractivity contribution in [2.75, 3.05) is 26.2 Å². The Hall–Kier alpha value is -1.40. The third kappa shape index (κ3) is 3.33. The lowest BCUT2D eigenvalue weighted by Gasteiger charge is -2.33. The highest BCUT2D eigenvalue weighted by Crippen LogP contribution is 2.23. The van der Waals surface area contributed by atoms with Gasteiger partial charge in [0.05, 0.1) is 6.10 Å². The zero-order chi connectivity index (χ0) is 15.5. The molecule has 122 valence electrons. The van der Waals surface area contributed by atoms with Crippen LogP contribution < -0.4 is 0 Å². The van der Waals surface area contributed by atoms with E-state index in [1.54, 1.807) is 28.9 Å². The van der Waals surface area contributed by atoms with Crippen LogP contribution >= 0.6 is 0 Å². The summed E-state index contributed by atoms with van der Waals surface area (Å²) in [7, 11) is 1.77. The molecule has 6 heteroatoms. The van der Waals surface area contributed by atoms with Crippen molar-refractivity contribution < 1.29 is 9.90 Å². The fourth-order valence-corrected chi connectivity index (χ4v) is 3.72. The third-order valence-corrected chi connectivity index (χ3v) is 4.95. The summed E-state index contributed by atoms with van der Waals surface area (Å²) in [5, 5.41) is 14.4. The van der Waals surface area contributed by atoms with Crippen molar-refractivity contribution in [3.63, 3.8) is 0 Å². The highest BCUT2D eigenvalue weighted by molar-refractivity contribution is 5.92. The first-order valence-electron chi connectivity index (χ1n) is 8.34. The maximum absolute atomic E-state index is 12.6. The van der Waals surface area contributed by atoms with Crippen molar-refractivity contribution in [3.05, 3.63) is 18.0 Å². The van der Waals surface area contributed by atoms with Gasteiger partial charge in [-0.1, -0.05) is 19.3 Å². The maximum atomic E-state index is 12.6. The molecule has 1 atom stereocenters. The van der Waals surface area contributed by atoms with Gasteiger partial charge in [-0.3, -0.25) is 14.4 Å². The van der Waals surface area contributed by atoms with Gasteiger partial charge < -0.3 is 10.0 Å². The van der Waals surface area contributed by atoms with Crippen LogP contribution in [-0.4, -0.2) is 68.9 Å². The zero-order valence-electron chi connectivity index (χ0n) is 13.3. The Kier molecular flexibility index (Phi) is 4.78. The first-order valence-corrected chi connectivity index (χ1v) is 8.34. The molecule has 22 heavy (non-hydrogen) atoms. The number of rotatable bonds is 2. The fraction of sp³-hybridized carbons (Fsp3) is 0.750. The van der Waals surface area contributed by atoms with Gasteiger partial charge in [-0.2, -0.15) is 5.10 Å². The molecule has 1 amide bonds. The second-order valence-corrected chi connectivity index (χ2v) is 6.53. The molecule has 3 rings (SSSR count). The van der Waals surface area contributed by atoms with Crippen LogP contribution in [0, 0.1) is 0 Å². The minimum Gasteiger partial charge on any atom is -0.390 e. The van der Waals surface area contributed by atoms with E-state index in [4.69, 9.17) is 0 Å². The van der Waals surface area contributed by atoms with Crippen LogP contribution in [0.25, 0.3) is 0 Å². The van der Waals surface area contributed by atoms with E-state index >= 15 is 0 Å². The lowest BCUT2D eigenvalue weighted by molar-refractivity contribution is 0.0636. The Morgan fingerprint density at radius 1 is 1.23 bits per heavy atom. The van der Waals surface area contributed by atoms with Crippen molar-refractivity contribution in [1.29, 1.82) is 0 Å². The van der Waals surface area contributed by atoms with E-state index < -0.39 is 6.10 Å². The molecule has 1 saturated heterocycles. The number of nitrogens with zero attached hydrogens (tertiary/aromatic N) is 4. The Bertz CT molecular complexity index is 510. The summed E-state index contributed by atoms with van der Waals surface area (Å²) in [5.41, 5.74) is 0.582. The average molecular weight is 306 g/mol. The molecule has 1 aliphatic heterocycles. The minimum absolute atomic E-state index is 0.0375. The molecule has 1 N–H and O–H groups in total. The highest BCUT2D eigenvalue weighted by Gasteiger charge is 2.30. The number of amides is 1. The van der Waals surface area contributed by atoms with E-state index in [0.29, 0.717) is 31.4 Å². The second-order valence-electron chi connectivity index (χ2n) is 6.53. The number of aryl methyl sites for hydroxylation is 1. The Morgan fingerprint density at radius 2 is 2.00 bits per heavy atom. The maximum Gasteiger partial charge on any atom is 0.272 e. The molecule has 1 aromatic rings. The van der Waals surface area contributed by atoms with Gasteiger partial charge in [0, 0.05) is 45.5 Å². The largest absolute Gasteiger partial charge is 0.390 e. The summed E-state index contributed by atoms with van der Waals surface area (Å²) in [6.45, 7) is 2.62. The van der Waals surface area contributed by atoms with Crippen molar-refractivity contribution in [2.45, 2.75) is 44.2 Å². The first kappa shape index (κ1) is 15.5. The number of aliphatic hydroxyl groups excluding tert-OH is 1. The van der Waals surface area contributed by atoms with Gasteiger partial charge in [0.2, 0.25) is 0 Å². The molecule has 0 radical (unpaired) electrons. The van der Waals surface area contributed by atoms with E-state index in [-0.39, 0.29) is 5.91 Å². The lowest BCUT2D eigenvalue weighted by atomic mass is 9.94. The SMILES string of the molecule is Cn1nccc1C(=O)N1CCN(C2CCCCC2)C[C@H](O)C1. The summed E-state index contributed by atoms with van der Waals surface area (Å²) in [6.07, 6.45) is 7.52. The number of aliphatic hydroxyl groups is 1. The first-order chi connectivity index (χ1) is 10.6. The van der Waals surface area contributed by atoms with Gasteiger partial charge in [-0.05, 0) is 18.9 Å². The van der Waals surface area contributed by atoms with Crippen molar-refractivity contribution in [2.24, 2.45) is 7.05 Å². The second kappa shape index (κ2) is 6.79. The molecule has 2 fully saturated rings. The van der Waals surface area contributed by atoms with E-state index in [1.807, 2.05) is 0 Å². The topological polar surface area (TPSA) is 61.6 Å². The monoisotopic (exact) mass is 306 g/mol. The van der Waals surface area contributed by atoms with Crippen LogP contribution in [0.2, 0.25) is 0 Å². The molecule has 0 spiro atoms. The summed E-state index contributed by atoms with van der Waals surface area (Å²) in [5.74, 6) is -0.0375. The molecule has 0 unspecified atom stereocenters. The van der Waals surface area contributed by atoms with Crippen molar-refractivity contribution in [1.82, 2.24) is 19.6 Å². The summed E-state index contributed by atoms with van der Waals surface area (Å²) in [6, 6.07) is 2.31. The normalized spacial score (nSPS) is 25.2. The number of aromatic nitrogens is 2. The minimum atomic E-state index is -0.471. The van der Waals surface area contributed by atoms with E-state index in [0.717, 1.165) is 6.54 Å². The van der Waals surface area contributed by atoms with Gasteiger partial charge in [0.1, 0.15) is 5.69 Å². The predicted octanol–water partition coefficient (Wildman–Crippen LogP) is 0.871. The lowest BCUT2D eigenvalue weighted by Crippen LogP contribution is -2.41. The summed E-state index contributed by atoms with van der Waals surface area (Å²) >= 11 is 0. The number of carbonyl (C=O) groups excluding carboxylic acids is 1. The van der Waals surface area contributed by atoms with Crippen LogP contribution in [0.5, 0.6) is 0 Å².